The summed E-state index contributed by atoms with van der Waals surface area (Å²) < 4.78 is 0. The molecule has 1 aliphatic rings. The molecule has 0 spiro atoms. The van der Waals surface area contributed by atoms with Crippen molar-refractivity contribution in [2.75, 3.05) is 19.7 Å². The third kappa shape index (κ3) is 22.2. The second kappa shape index (κ2) is 33.4. The van der Waals surface area contributed by atoms with Gasteiger partial charge in [0.15, 0.2) is 0 Å². The minimum absolute atomic E-state index is 0.0149. The van der Waals surface area contributed by atoms with Crippen molar-refractivity contribution >= 4 is 77.0 Å². The highest BCUT2D eigenvalue weighted by Crippen LogP contribution is 2.22. The maximum absolute atomic E-state index is 14.0. The van der Waals surface area contributed by atoms with Crippen molar-refractivity contribution in [3.8, 4) is 5.75 Å². The van der Waals surface area contributed by atoms with Crippen LogP contribution in [0.3, 0.4) is 0 Å². The summed E-state index contributed by atoms with van der Waals surface area (Å²) in [5, 5.41) is 79.6. The van der Waals surface area contributed by atoms with Gasteiger partial charge in [0.25, 0.3) is 0 Å². The van der Waals surface area contributed by atoms with Gasteiger partial charge in [0.05, 0.1) is 31.7 Å². The summed E-state index contributed by atoms with van der Waals surface area (Å²) in [4.78, 5) is 171. The Morgan fingerprint density at radius 1 is 0.583 bits per heavy atom. The van der Waals surface area contributed by atoms with Gasteiger partial charge in [-0.1, -0.05) is 70.2 Å². The van der Waals surface area contributed by atoms with E-state index in [4.69, 9.17) is 5.73 Å². The van der Waals surface area contributed by atoms with E-state index >= 15 is 0 Å². The Kier molecular flexibility index (Phi) is 27.6. The predicted octanol–water partition coefficient (Wildman–Crippen LogP) is -4.38. The molecule has 1 aliphatic heterocycles. The number of hydrogen-bond donors (Lipinski definition) is 16. The summed E-state index contributed by atoms with van der Waals surface area (Å²) in [6.45, 7) is 6.59. The molecule has 30 nitrogen and oxygen atoms in total. The van der Waals surface area contributed by atoms with Gasteiger partial charge in [0.1, 0.15) is 60.1 Å². The van der Waals surface area contributed by atoms with Crippen LogP contribution in [0.2, 0.25) is 0 Å². The molecular weight excluding hydrogens is 1110 g/mol. The molecule has 1 fully saturated rings. The number of benzene rings is 2. The molecule has 3 rings (SSSR count). The van der Waals surface area contributed by atoms with Crippen LogP contribution in [0.5, 0.6) is 5.75 Å². The summed E-state index contributed by atoms with van der Waals surface area (Å²) in [6, 6.07) is -0.772. The third-order valence-corrected chi connectivity index (χ3v) is 13.3. The molecule has 1 heterocycles. The summed E-state index contributed by atoms with van der Waals surface area (Å²) in [7, 11) is 0. The van der Waals surface area contributed by atoms with Gasteiger partial charge in [-0.3, -0.25) is 57.5 Å². The van der Waals surface area contributed by atoms with E-state index in [0.29, 0.717) is 17.5 Å². The zero-order chi connectivity index (χ0) is 63.1. The number of aliphatic carboxylic acids is 3. The van der Waals surface area contributed by atoms with Crippen LogP contribution < -0.4 is 53.6 Å². The van der Waals surface area contributed by atoms with Crippen LogP contribution in [0.25, 0.3) is 0 Å². The van der Waals surface area contributed by atoms with Crippen LogP contribution >= 0.6 is 0 Å². The molecule has 0 aromatic heterocycles. The second-order valence-corrected chi connectivity index (χ2v) is 20.8. The van der Waals surface area contributed by atoms with Gasteiger partial charge in [-0.2, -0.15) is 0 Å². The van der Waals surface area contributed by atoms with Crippen LogP contribution in [0.4, 0.5) is 0 Å². The molecule has 84 heavy (non-hydrogen) atoms. The van der Waals surface area contributed by atoms with Crippen LogP contribution in [-0.4, -0.2) is 199 Å². The fraction of sp³-hybridized carbons (Fsp3) is 0.537. The average molecular weight is 1180 g/mol. The summed E-state index contributed by atoms with van der Waals surface area (Å²) in [5.41, 5.74) is 7.38. The van der Waals surface area contributed by atoms with E-state index in [-0.39, 0.29) is 31.6 Å². The molecule has 0 saturated carbocycles. The van der Waals surface area contributed by atoms with Gasteiger partial charge in [-0.05, 0) is 74.6 Å². The lowest BCUT2D eigenvalue weighted by atomic mass is 10.00. The second-order valence-electron chi connectivity index (χ2n) is 20.8. The molecule has 462 valence electrons. The quantitative estimate of drug-likeness (QED) is 0.0321. The zero-order valence-corrected chi connectivity index (χ0v) is 47.3. The predicted molar refractivity (Wildman–Crippen MR) is 294 cm³/mol. The molecule has 1 saturated heterocycles. The topological polar surface area (TPSA) is 481 Å². The lowest BCUT2D eigenvalue weighted by Crippen LogP contribution is -2.62. The number of nitrogens with two attached hydrogens (primary N) is 1. The Morgan fingerprint density at radius 2 is 1.14 bits per heavy atom. The number of phenols is 1. The monoisotopic (exact) mass is 1180 g/mol. The number of aromatic hydroxyl groups is 1. The molecule has 0 bridgehead atoms. The molecule has 0 aliphatic carbocycles. The molecule has 2 aromatic carbocycles. The van der Waals surface area contributed by atoms with Crippen molar-refractivity contribution in [3.05, 3.63) is 65.7 Å². The molecular formula is C54H77N11O19. The minimum atomic E-state index is -1.95. The van der Waals surface area contributed by atoms with E-state index < -0.39 is 188 Å². The Hall–Kier alpha value is -8.77. The van der Waals surface area contributed by atoms with Gasteiger partial charge in [-0.25, -0.2) is 4.79 Å². The summed E-state index contributed by atoms with van der Waals surface area (Å²) >= 11 is 0. The first-order valence-electron chi connectivity index (χ1n) is 27.0. The number of rotatable bonds is 33. The van der Waals surface area contributed by atoms with E-state index in [1.54, 1.807) is 56.3 Å². The fourth-order valence-electron chi connectivity index (χ4n) is 8.58. The Balaban J connectivity index is 1.64. The Labute approximate surface area is 483 Å². The van der Waals surface area contributed by atoms with E-state index in [9.17, 15) is 93.0 Å². The molecule has 17 N–H and O–H groups in total. The third-order valence-electron chi connectivity index (χ3n) is 13.3. The van der Waals surface area contributed by atoms with Crippen molar-refractivity contribution in [1.82, 2.24) is 52.8 Å². The number of phenolic OH excluding ortho intramolecular Hbond substituents is 1. The minimum Gasteiger partial charge on any atom is -0.508 e. The largest absolute Gasteiger partial charge is 0.508 e. The van der Waals surface area contributed by atoms with Crippen LogP contribution in [0.1, 0.15) is 84.8 Å². The number of hydrogen-bond acceptors (Lipinski definition) is 17. The Morgan fingerprint density at radius 3 is 1.70 bits per heavy atom. The van der Waals surface area contributed by atoms with Crippen LogP contribution in [0.15, 0.2) is 54.6 Å². The van der Waals surface area contributed by atoms with Gasteiger partial charge >= 0.3 is 17.9 Å². The first-order valence-corrected chi connectivity index (χ1v) is 27.0. The molecule has 0 radical (unpaired) electrons. The van der Waals surface area contributed by atoms with Gasteiger partial charge in [0.2, 0.25) is 59.1 Å². The number of carbonyl (C=O) groups excluding carboxylic acids is 10. The number of nitrogens with one attached hydrogen (secondary N) is 9. The normalized spacial score (nSPS) is 16.5. The maximum atomic E-state index is 14.0. The number of likely N-dealkylation sites (tertiary alicyclic amines) is 1. The highest BCUT2D eigenvalue weighted by Gasteiger charge is 2.42. The molecule has 30 heteroatoms. The first kappa shape index (κ1) is 69.5. The van der Waals surface area contributed by atoms with Crippen molar-refractivity contribution < 1.29 is 93.0 Å². The lowest BCUT2D eigenvalue weighted by molar-refractivity contribution is -0.144. The SMILES string of the molecule is CC(C)[C@H](NC(=O)[C@H](CC(=O)O)NC(=O)[C@@H](NC(=O)[C@@H]1CCCN1C(=O)[C@@H](NC(=O)[C@@H](N)Cc1ccc(O)cc1)C(C)C)[C@@H](C)O)C(=O)NCC(=O)N[C@@H](CO)C(=O)N[C@@H](CCC(=O)O)C(=O)N[C@@H](C)C(=O)N[C@@H](Cc1ccccc1)C(=O)O. The standard InChI is InChI=1S/C54H77N11O19/c1-26(2)42(51(80)56-24-39(69)58-37(25-66)49(78)59-34(18-19-40(70)71)47(76)57-28(5)45(74)61-36(54(83)84)22-30-11-8-7-9-12-30)62-48(77)35(23-41(72)73)60-52(81)44(29(6)67)64-50(79)38-13-10-20-65(38)53(82)43(27(3)4)63-46(75)33(55)21-31-14-16-32(68)17-15-31/h7-9,11-12,14-17,26-29,33-38,42-44,66-68H,10,13,18-25,55H2,1-6H3,(H,56,80)(H,57,76)(H,58,69)(H,59,78)(H,60,81)(H,61,74)(H,62,77)(H,63,75)(H,64,79)(H,70,71)(H,72,73)(H,83,84)/t28-,29+,33-,34-,35-,36-,37-,38-,42-,43-,44-/m0/s1. The van der Waals surface area contributed by atoms with Crippen molar-refractivity contribution in [3.63, 3.8) is 0 Å². The van der Waals surface area contributed by atoms with Crippen molar-refractivity contribution in [2.24, 2.45) is 17.6 Å². The first-order chi connectivity index (χ1) is 39.4. The van der Waals surface area contributed by atoms with E-state index in [1.807, 2.05) is 0 Å². The number of aliphatic hydroxyl groups excluding tert-OH is 2. The highest BCUT2D eigenvalue weighted by molar-refractivity contribution is 5.99. The fourth-order valence-corrected chi connectivity index (χ4v) is 8.58. The van der Waals surface area contributed by atoms with Crippen LogP contribution in [-0.2, 0) is 75.2 Å². The van der Waals surface area contributed by atoms with Gasteiger partial charge in [0, 0.05) is 19.4 Å². The lowest BCUT2D eigenvalue weighted by Gasteiger charge is -2.32. The summed E-state index contributed by atoms with van der Waals surface area (Å²) in [6.07, 6.45) is -3.61. The zero-order valence-electron chi connectivity index (χ0n) is 47.3. The number of amides is 10. The van der Waals surface area contributed by atoms with Crippen molar-refractivity contribution in [1.29, 1.82) is 0 Å². The highest BCUT2D eigenvalue weighted by atomic mass is 16.4. The number of carboxylic acids is 3. The van der Waals surface area contributed by atoms with Crippen molar-refractivity contribution in [2.45, 2.75) is 153 Å². The van der Waals surface area contributed by atoms with E-state index in [0.717, 1.165) is 6.92 Å². The molecule has 11 atom stereocenters. The van der Waals surface area contributed by atoms with E-state index in [1.165, 1.54) is 37.8 Å². The summed E-state index contributed by atoms with van der Waals surface area (Å²) in [5.74, 6) is -15.7. The average Bonchev–Trinajstić information content (AvgIpc) is 3.57. The molecule has 0 unspecified atom stereocenters. The molecule has 10 amide bonds. The van der Waals surface area contributed by atoms with E-state index in [2.05, 4.69) is 47.9 Å². The number of carbonyl (C=O) groups is 13. The number of nitrogens with zero attached hydrogens (tertiary/aromatic N) is 1. The number of aliphatic hydroxyl groups is 2. The van der Waals surface area contributed by atoms with Gasteiger partial charge in [-0.15, -0.1) is 0 Å². The molecule has 2 aromatic rings. The van der Waals surface area contributed by atoms with Crippen LogP contribution in [0, 0.1) is 11.8 Å². The Bertz CT molecular complexity index is 2680. The smallest absolute Gasteiger partial charge is 0.326 e. The maximum Gasteiger partial charge on any atom is 0.326 e. The number of carboxylic acid groups (broad SMARTS) is 3. The van der Waals surface area contributed by atoms with Gasteiger partial charge < -0.3 is 89.1 Å².